The van der Waals surface area contributed by atoms with Crippen LogP contribution in [0.5, 0.6) is 0 Å². The summed E-state index contributed by atoms with van der Waals surface area (Å²) in [6, 6.07) is 0. The molecular weight excluding hydrogens is 189 g/mol. The third-order valence-corrected chi connectivity index (χ3v) is 1.99. The molecule has 0 aliphatic carbocycles. The number of allylic oxidation sites excluding steroid dienone is 4. The number of halogens is 1. The van der Waals surface area contributed by atoms with Crippen LogP contribution in [0, 0.1) is 0 Å². The van der Waals surface area contributed by atoms with Crippen molar-refractivity contribution in [2.45, 2.75) is 33.6 Å². The van der Waals surface area contributed by atoms with Gasteiger partial charge in [-0.1, -0.05) is 26.5 Å². The van der Waals surface area contributed by atoms with Gasteiger partial charge in [0.25, 0.3) is 0 Å². The Kier molecular flexibility index (Phi) is 7.69. The van der Waals surface area contributed by atoms with Crippen molar-refractivity contribution in [2.24, 2.45) is 0 Å². The van der Waals surface area contributed by atoms with E-state index in [-0.39, 0.29) is 5.83 Å². The third-order valence-electron chi connectivity index (χ3n) is 1.99. The highest BCUT2D eigenvalue weighted by Gasteiger charge is 2.04. The average Bonchev–Trinajstić information content (AvgIpc) is 2.16. The second-order valence-corrected chi connectivity index (χ2v) is 3.55. The molecule has 0 heterocycles. The molecule has 0 radical (unpaired) electrons. The molecule has 0 saturated heterocycles. The van der Waals surface area contributed by atoms with Gasteiger partial charge in [0.1, 0.15) is 0 Å². The first-order valence-corrected chi connectivity index (χ1v) is 5.57. The van der Waals surface area contributed by atoms with Crippen LogP contribution < -0.4 is 0 Å². The van der Waals surface area contributed by atoms with Crippen molar-refractivity contribution < 1.29 is 4.39 Å². The Hall–Kier alpha value is -1.05. The molecule has 0 bridgehead atoms. The van der Waals surface area contributed by atoms with Crippen LogP contribution in [0.3, 0.4) is 0 Å². The zero-order chi connectivity index (χ0) is 11.7. The molecule has 0 saturated carbocycles. The topological polar surface area (TPSA) is 3.24 Å². The molecular formula is C13H22FN. The fraction of sp³-hybridized carbons (Fsp3) is 0.538. The monoisotopic (exact) mass is 211 g/mol. The van der Waals surface area contributed by atoms with E-state index >= 15 is 0 Å². The van der Waals surface area contributed by atoms with Crippen LogP contribution in [0.15, 0.2) is 36.3 Å². The molecule has 0 unspecified atom stereocenters. The fourth-order valence-corrected chi connectivity index (χ4v) is 1.48. The van der Waals surface area contributed by atoms with Gasteiger partial charge < -0.3 is 4.90 Å². The molecule has 0 aliphatic rings. The van der Waals surface area contributed by atoms with Crippen molar-refractivity contribution in [3.05, 3.63) is 36.3 Å². The Balaban J connectivity index is 4.75. The number of rotatable bonds is 7. The van der Waals surface area contributed by atoms with E-state index in [2.05, 4.69) is 25.3 Å². The van der Waals surface area contributed by atoms with E-state index in [1.165, 1.54) is 6.92 Å². The van der Waals surface area contributed by atoms with E-state index < -0.39 is 0 Å². The van der Waals surface area contributed by atoms with Crippen molar-refractivity contribution in [3.8, 4) is 0 Å². The maximum atomic E-state index is 12.9. The lowest BCUT2D eigenvalue weighted by Gasteiger charge is -2.24. The van der Waals surface area contributed by atoms with Gasteiger partial charge in [0.15, 0.2) is 0 Å². The average molecular weight is 211 g/mol. The van der Waals surface area contributed by atoms with Crippen molar-refractivity contribution in [1.29, 1.82) is 0 Å². The Labute approximate surface area is 93.0 Å². The molecule has 86 valence electrons. The van der Waals surface area contributed by atoms with E-state index in [0.717, 1.165) is 31.6 Å². The second kappa shape index (κ2) is 8.27. The first-order chi connectivity index (χ1) is 7.15. The third kappa shape index (κ3) is 6.10. The van der Waals surface area contributed by atoms with E-state index in [9.17, 15) is 4.39 Å². The van der Waals surface area contributed by atoms with Crippen LogP contribution in [0.1, 0.15) is 33.6 Å². The van der Waals surface area contributed by atoms with Crippen molar-refractivity contribution in [3.63, 3.8) is 0 Å². The normalized spacial score (nSPS) is 12.8. The lowest BCUT2D eigenvalue weighted by molar-refractivity contribution is 0.353. The first kappa shape index (κ1) is 13.9. The van der Waals surface area contributed by atoms with Gasteiger partial charge in [-0.3, -0.25) is 0 Å². The largest absolute Gasteiger partial charge is 0.371 e. The Morgan fingerprint density at radius 3 is 2.13 bits per heavy atom. The van der Waals surface area contributed by atoms with Crippen molar-refractivity contribution >= 4 is 0 Å². The molecule has 2 heteroatoms. The number of hydrogen-bond donors (Lipinski definition) is 0. The summed E-state index contributed by atoms with van der Waals surface area (Å²) in [5.41, 5.74) is 0.911. The molecule has 0 aromatic carbocycles. The summed E-state index contributed by atoms with van der Waals surface area (Å²) in [7, 11) is 0. The minimum Gasteiger partial charge on any atom is -0.371 e. The minimum absolute atomic E-state index is 0.166. The predicted molar refractivity (Wildman–Crippen MR) is 65.3 cm³/mol. The van der Waals surface area contributed by atoms with Gasteiger partial charge in [-0.15, -0.1) is 0 Å². The summed E-state index contributed by atoms with van der Waals surface area (Å²) in [5.74, 6) is -0.166. The van der Waals surface area contributed by atoms with Gasteiger partial charge in [0, 0.05) is 18.8 Å². The van der Waals surface area contributed by atoms with Crippen LogP contribution in [-0.2, 0) is 0 Å². The van der Waals surface area contributed by atoms with Crippen molar-refractivity contribution in [1.82, 2.24) is 4.90 Å². The van der Waals surface area contributed by atoms with Crippen LogP contribution in [-0.4, -0.2) is 18.0 Å². The molecule has 0 aromatic rings. The number of nitrogens with zero attached hydrogens (tertiary/aromatic N) is 1. The maximum Gasteiger partial charge on any atom is 0.0989 e. The zero-order valence-electron chi connectivity index (χ0n) is 10.1. The highest BCUT2D eigenvalue weighted by atomic mass is 19.1. The van der Waals surface area contributed by atoms with Crippen LogP contribution in [0.2, 0.25) is 0 Å². The highest BCUT2D eigenvalue weighted by Crippen LogP contribution is 2.11. The van der Waals surface area contributed by atoms with E-state index in [1.807, 2.05) is 6.08 Å². The van der Waals surface area contributed by atoms with Gasteiger partial charge in [0.05, 0.1) is 5.83 Å². The van der Waals surface area contributed by atoms with E-state index in [0.29, 0.717) is 0 Å². The predicted octanol–water partition coefficient (Wildman–Crippen LogP) is 4.05. The molecule has 0 aromatic heterocycles. The zero-order valence-corrected chi connectivity index (χ0v) is 10.1. The van der Waals surface area contributed by atoms with Crippen molar-refractivity contribution in [2.75, 3.05) is 13.1 Å². The van der Waals surface area contributed by atoms with Gasteiger partial charge in [0.2, 0.25) is 0 Å². The Bertz CT molecular complexity index is 231. The lowest BCUT2D eigenvalue weighted by atomic mass is 10.2. The Morgan fingerprint density at radius 1 is 1.27 bits per heavy atom. The summed E-state index contributed by atoms with van der Waals surface area (Å²) < 4.78 is 12.9. The first-order valence-electron chi connectivity index (χ1n) is 5.57. The Morgan fingerprint density at radius 2 is 1.80 bits per heavy atom. The van der Waals surface area contributed by atoms with Crippen LogP contribution in [0.4, 0.5) is 4.39 Å². The minimum atomic E-state index is -0.166. The van der Waals surface area contributed by atoms with Gasteiger partial charge in [-0.25, -0.2) is 4.39 Å². The maximum absolute atomic E-state index is 12.9. The quantitative estimate of drug-likeness (QED) is 0.574. The molecule has 1 nitrogen and oxygen atoms in total. The van der Waals surface area contributed by atoms with E-state index in [1.54, 1.807) is 12.2 Å². The highest BCUT2D eigenvalue weighted by molar-refractivity contribution is 5.23. The second-order valence-electron chi connectivity index (χ2n) is 3.55. The molecule has 0 amide bonds. The number of hydrogen-bond acceptors (Lipinski definition) is 1. The molecule has 15 heavy (non-hydrogen) atoms. The van der Waals surface area contributed by atoms with E-state index in [4.69, 9.17) is 0 Å². The molecule has 0 spiro atoms. The fourth-order valence-electron chi connectivity index (χ4n) is 1.48. The standard InChI is InChI=1S/C13H22FN/c1-5-8-13(11-12(4)14)15(9-6-2)10-7-3/h5,8,11H,1,6-7,9-10H2,2-4H3/b12-11+,13-8+. The molecule has 0 atom stereocenters. The van der Waals surface area contributed by atoms with Gasteiger partial charge in [-0.2, -0.15) is 0 Å². The SMILES string of the molecule is C=C/C=C(\C=C(/C)F)N(CCC)CCC. The summed E-state index contributed by atoms with van der Waals surface area (Å²) in [6.07, 6.45) is 7.25. The van der Waals surface area contributed by atoms with Gasteiger partial charge in [-0.05, 0) is 31.9 Å². The molecule has 0 rings (SSSR count). The summed E-state index contributed by atoms with van der Waals surface area (Å²) in [5, 5.41) is 0. The summed E-state index contributed by atoms with van der Waals surface area (Å²) in [4.78, 5) is 2.19. The van der Waals surface area contributed by atoms with Gasteiger partial charge >= 0.3 is 0 Å². The summed E-state index contributed by atoms with van der Waals surface area (Å²) >= 11 is 0. The van der Waals surface area contributed by atoms with Crippen LogP contribution >= 0.6 is 0 Å². The molecule has 0 fully saturated rings. The lowest BCUT2D eigenvalue weighted by Crippen LogP contribution is -2.24. The smallest absolute Gasteiger partial charge is 0.0989 e. The molecule has 0 N–H and O–H groups in total. The molecule has 0 aliphatic heterocycles. The van der Waals surface area contributed by atoms with Crippen LogP contribution in [0.25, 0.3) is 0 Å². The summed E-state index contributed by atoms with van der Waals surface area (Å²) in [6.45, 7) is 11.3.